The van der Waals surface area contributed by atoms with Gasteiger partial charge in [0.1, 0.15) is 5.75 Å². The normalized spacial score (nSPS) is 16.1. The molecule has 0 heterocycles. The van der Waals surface area contributed by atoms with Gasteiger partial charge in [-0.05, 0) is 41.7 Å². The Labute approximate surface area is 117 Å². The minimum Gasteiger partial charge on any atom is -0.506 e. The summed E-state index contributed by atoms with van der Waals surface area (Å²) >= 11 is 1.80. The first kappa shape index (κ1) is 14.1. The molecule has 2 rings (SSSR count). The lowest BCUT2D eigenvalue weighted by Crippen LogP contribution is -2.13. The lowest BCUT2D eigenvalue weighted by molar-refractivity contribution is -0.141. The van der Waals surface area contributed by atoms with E-state index >= 15 is 0 Å². The number of aromatic hydroxyl groups is 1. The van der Waals surface area contributed by atoms with Crippen molar-refractivity contribution in [1.29, 1.82) is 0 Å². The minimum absolute atomic E-state index is 0.119. The van der Waals surface area contributed by atoms with Crippen molar-refractivity contribution in [3.05, 3.63) is 23.8 Å². The first-order chi connectivity index (χ1) is 9.04. The molecule has 1 aromatic rings. The number of benzene rings is 1. The van der Waals surface area contributed by atoms with Gasteiger partial charge in [-0.1, -0.05) is 6.07 Å². The smallest absolute Gasteiger partial charge is 0.306 e. The molecule has 0 radical (unpaired) electrons. The van der Waals surface area contributed by atoms with Gasteiger partial charge in [0.15, 0.2) is 0 Å². The Balaban J connectivity index is 1.80. The molecule has 1 aliphatic carbocycles. The van der Waals surface area contributed by atoms with Crippen molar-refractivity contribution in [3.63, 3.8) is 0 Å². The summed E-state index contributed by atoms with van der Waals surface area (Å²) in [6, 6.07) is 5.29. The second-order valence-electron chi connectivity index (χ2n) is 5.14. The Morgan fingerprint density at radius 1 is 1.53 bits per heavy atom. The lowest BCUT2D eigenvalue weighted by atomic mass is 10.1. The van der Waals surface area contributed by atoms with Gasteiger partial charge < -0.3 is 15.6 Å². The number of hydrogen-bond acceptors (Lipinski definition) is 5. The molecule has 1 saturated carbocycles. The van der Waals surface area contributed by atoms with E-state index in [4.69, 9.17) is 10.5 Å². The Morgan fingerprint density at radius 2 is 2.26 bits per heavy atom. The van der Waals surface area contributed by atoms with Crippen LogP contribution in [-0.2, 0) is 15.3 Å². The van der Waals surface area contributed by atoms with E-state index in [1.165, 1.54) is 7.11 Å². The Hall–Kier alpha value is -1.36. The molecule has 3 N–H and O–H groups in total. The number of hydrogen-bond donors (Lipinski definition) is 2. The predicted octanol–water partition coefficient (Wildman–Crippen LogP) is 2.55. The van der Waals surface area contributed by atoms with Crippen LogP contribution in [0.5, 0.6) is 5.75 Å². The summed E-state index contributed by atoms with van der Waals surface area (Å²) in [6.07, 6.45) is 2.73. The maximum atomic E-state index is 11.3. The van der Waals surface area contributed by atoms with Crippen LogP contribution >= 0.6 is 11.8 Å². The van der Waals surface area contributed by atoms with Crippen LogP contribution in [0.3, 0.4) is 0 Å². The highest BCUT2D eigenvalue weighted by Gasteiger charge is 2.44. The molecule has 4 nitrogen and oxygen atoms in total. The molecular formula is C14H19NO3S. The topological polar surface area (TPSA) is 72.5 Å². The Bertz CT molecular complexity index is 472. The average molecular weight is 281 g/mol. The third-order valence-corrected chi connectivity index (χ3v) is 4.83. The van der Waals surface area contributed by atoms with Crippen molar-refractivity contribution in [3.8, 4) is 5.75 Å². The maximum Gasteiger partial charge on any atom is 0.306 e. The number of anilines is 1. The number of ether oxygens (including phenoxy) is 1. The molecule has 0 aromatic heterocycles. The number of esters is 1. The molecule has 1 aliphatic rings. The highest BCUT2D eigenvalue weighted by atomic mass is 32.2. The van der Waals surface area contributed by atoms with Crippen molar-refractivity contribution < 1.29 is 14.6 Å². The maximum absolute atomic E-state index is 11.3. The molecule has 0 amide bonds. The predicted molar refractivity (Wildman–Crippen MR) is 77.0 cm³/mol. The molecule has 1 fully saturated rings. The van der Waals surface area contributed by atoms with Crippen molar-refractivity contribution in [2.75, 3.05) is 18.6 Å². The van der Waals surface area contributed by atoms with Crippen LogP contribution in [0.1, 0.15) is 24.8 Å². The van der Waals surface area contributed by atoms with Crippen LogP contribution in [0.25, 0.3) is 0 Å². The third-order valence-electron chi connectivity index (χ3n) is 3.47. The largest absolute Gasteiger partial charge is 0.506 e. The van der Waals surface area contributed by atoms with Gasteiger partial charge in [0.25, 0.3) is 0 Å². The van der Waals surface area contributed by atoms with E-state index in [2.05, 4.69) is 0 Å². The third kappa shape index (κ3) is 3.80. The molecule has 0 aliphatic heterocycles. The van der Waals surface area contributed by atoms with Crippen molar-refractivity contribution in [1.82, 2.24) is 0 Å². The average Bonchev–Trinajstić information content (AvgIpc) is 3.13. The van der Waals surface area contributed by atoms with Gasteiger partial charge in [-0.2, -0.15) is 11.8 Å². The van der Waals surface area contributed by atoms with Crippen LogP contribution in [0, 0.1) is 5.41 Å². The van der Waals surface area contributed by atoms with Gasteiger partial charge in [0.05, 0.1) is 19.2 Å². The van der Waals surface area contributed by atoms with E-state index in [1.54, 1.807) is 23.9 Å². The Kier molecular flexibility index (Phi) is 4.24. The molecule has 1 aromatic carbocycles. The van der Waals surface area contributed by atoms with Crippen LogP contribution < -0.4 is 5.73 Å². The van der Waals surface area contributed by atoms with Crippen LogP contribution in [0.2, 0.25) is 0 Å². The van der Waals surface area contributed by atoms with Crippen molar-refractivity contribution in [2.24, 2.45) is 5.41 Å². The summed E-state index contributed by atoms with van der Waals surface area (Å²) < 4.78 is 4.73. The number of thioether (sulfide) groups is 1. The highest BCUT2D eigenvalue weighted by molar-refractivity contribution is 7.98. The molecule has 0 spiro atoms. The zero-order valence-electron chi connectivity index (χ0n) is 11.0. The van der Waals surface area contributed by atoms with Crippen LogP contribution in [0.4, 0.5) is 5.69 Å². The second-order valence-corrected chi connectivity index (χ2v) is 6.12. The number of rotatable bonds is 6. The van der Waals surface area contributed by atoms with E-state index in [-0.39, 0.29) is 17.1 Å². The van der Waals surface area contributed by atoms with Crippen LogP contribution in [0.15, 0.2) is 18.2 Å². The highest BCUT2D eigenvalue weighted by Crippen LogP contribution is 2.51. The fraction of sp³-hybridized carbons (Fsp3) is 0.500. The number of phenolic OH excluding ortho intramolecular Hbond substituents is 1. The summed E-state index contributed by atoms with van der Waals surface area (Å²) in [5, 5.41) is 9.35. The number of phenols is 1. The molecule has 0 bridgehead atoms. The van der Waals surface area contributed by atoms with Gasteiger partial charge in [0.2, 0.25) is 0 Å². The van der Waals surface area contributed by atoms with Crippen LogP contribution in [-0.4, -0.2) is 23.9 Å². The summed E-state index contributed by atoms with van der Waals surface area (Å²) in [5.41, 5.74) is 7.31. The molecule has 5 heteroatoms. The van der Waals surface area contributed by atoms with Gasteiger partial charge >= 0.3 is 5.97 Å². The van der Waals surface area contributed by atoms with Gasteiger partial charge in [-0.3, -0.25) is 4.79 Å². The standard InChI is InChI=1S/C14H19NO3S/c1-18-13(17)7-14(4-5-14)9-19-8-10-2-3-12(16)11(15)6-10/h2-3,6,16H,4-5,7-9,15H2,1H3. The van der Waals surface area contributed by atoms with Crippen molar-refractivity contribution >= 4 is 23.4 Å². The molecular weight excluding hydrogens is 262 g/mol. The minimum atomic E-state index is -0.119. The second kappa shape index (κ2) is 5.74. The SMILES string of the molecule is COC(=O)CC1(CSCc2ccc(O)c(N)c2)CC1. The van der Waals surface area contributed by atoms with Gasteiger partial charge in [-0.15, -0.1) is 0 Å². The number of nitrogens with two attached hydrogens (primary N) is 1. The summed E-state index contributed by atoms with van der Waals surface area (Å²) in [7, 11) is 1.44. The monoisotopic (exact) mass is 281 g/mol. The first-order valence-electron chi connectivity index (χ1n) is 6.27. The Morgan fingerprint density at radius 3 is 2.84 bits per heavy atom. The zero-order valence-corrected chi connectivity index (χ0v) is 11.8. The van der Waals surface area contributed by atoms with E-state index in [1.807, 2.05) is 6.07 Å². The fourth-order valence-electron chi connectivity index (χ4n) is 2.01. The number of nitrogen functional groups attached to an aromatic ring is 1. The molecule has 19 heavy (non-hydrogen) atoms. The number of carbonyl (C=O) groups is 1. The molecule has 104 valence electrons. The zero-order chi connectivity index (χ0) is 13.9. The van der Waals surface area contributed by atoms with E-state index < -0.39 is 0 Å². The van der Waals surface area contributed by atoms with E-state index in [9.17, 15) is 9.90 Å². The summed E-state index contributed by atoms with van der Waals surface area (Å²) in [4.78, 5) is 11.3. The van der Waals surface area contributed by atoms with Crippen molar-refractivity contribution in [2.45, 2.75) is 25.0 Å². The van der Waals surface area contributed by atoms with Gasteiger partial charge in [-0.25, -0.2) is 0 Å². The fourth-order valence-corrected chi connectivity index (χ4v) is 3.35. The lowest BCUT2D eigenvalue weighted by Gasteiger charge is -2.13. The van der Waals surface area contributed by atoms with Gasteiger partial charge in [0, 0.05) is 5.75 Å². The van der Waals surface area contributed by atoms with E-state index in [0.717, 1.165) is 29.9 Å². The summed E-state index contributed by atoms with van der Waals surface area (Å²) in [6.45, 7) is 0. The number of carbonyl (C=O) groups excluding carboxylic acids is 1. The molecule has 0 unspecified atom stereocenters. The number of methoxy groups -OCH3 is 1. The summed E-state index contributed by atoms with van der Waals surface area (Å²) in [5.74, 6) is 1.81. The quantitative estimate of drug-likeness (QED) is 0.476. The molecule has 0 saturated heterocycles. The van der Waals surface area contributed by atoms with E-state index in [0.29, 0.717) is 12.1 Å². The molecule has 0 atom stereocenters. The first-order valence-corrected chi connectivity index (χ1v) is 7.42.